The first-order valence-corrected chi connectivity index (χ1v) is 21.9. The monoisotopic (exact) mass is 974 g/mol. The number of thioether (sulfide) groups is 1. The van der Waals surface area contributed by atoms with Gasteiger partial charge in [-0.15, -0.1) is 11.8 Å². The second-order valence-corrected chi connectivity index (χ2v) is 16.4. The lowest BCUT2D eigenvalue weighted by Crippen LogP contribution is -2.45. The van der Waals surface area contributed by atoms with E-state index in [0.717, 1.165) is 46.9 Å². The van der Waals surface area contributed by atoms with Crippen molar-refractivity contribution in [3.63, 3.8) is 0 Å². The predicted molar refractivity (Wildman–Crippen MR) is 238 cm³/mol. The van der Waals surface area contributed by atoms with E-state index in [2.05, 4.69) is 51.7 Å². The standard InChI is InChI=1S/C42H46BrF3N8O9S/c1-26-18-37(34(20-33(26)43)51-41(56)52-38-22-47-27(2)21-48-38)63-24-31-23-53(11-13-61-31)10-3-12-59-14-15-60-16-17-62-30-7-4-28(5-8-30)40-50-35(25-64-40)39(55)49-29-6-9-36(54(57)58)32(19-29)42(44,45)46/h4-9,18-22,31,35H,3,10-17,23-25H2,1-2H3,(H,49,55)(H2,48,51,52,56)/t31-,35?/m0/s1. The van der Waals surface area contributed by atoms with Crippen molar-refractivity contribution in [2.24, 2.45) is 4.99 Å². The minimum Gasteiger partial charge on any atom is -0.491 e. The van der Waals surface area contributed by atoms with Gasteiger partial charge in [0.2, 0.25) is 5.91 Å². The third-order valence-electron chi connectivity index (χ3n) is 9.63. The summed E-state index contributed by atoms with van der Waals surface area (Å²) in [7, 11) is 0. The molecule has 3 heterocycles. The third kappa shape index (κ3) is 14.3. The number of aryl methyl sites for hydroxylation is 2. The SMILES string of the molecule is Cc1cnc(NC(=O)Nc2cc(Br)c(C)cc2OC[C@@H]2CN(CCCOCCOCCOc3ccc(C4=NC(C(=O)Nc5ccc([N+](=O)[O-])c(C(F)(F)F)c5)CS4)cc3)CCO2)cn1. The Morgan fingerprint density at radius 2 is 1.73 bits per heavy atom. The van der Waals surface area contributed by atoms with E-state index >= 15 is 0 Å². The van der Waals surface area contributed by atoms with Crippen LogP contribution in [0.1, 0.15) is 28.8 Å². The van der Waals surface area contributed by atoms with E-state index in [1.807, 2.05) is 19.9 Å². The molecular weight excluding hydrogens is 929 g/mol. The molecule has 3 amide bonds. The smallest absolute Gasteiger partial charge is 0.423 e. The van der Waals surface area contributed by atoms with Gasteiger partial charge in [-0.1, -0.05) is 15.9 Å². The first-order chi connectivity index (χ1) is 30.7. The van der Waals surface area contributed by atoms with E-state index in [1.165, 1.54) is 18.0 Å². The summed E-state index contributed by atoms with van der Waals surface area (Å²) < 4.78 is 70.2. The van der Waals surface area contributed by atoms with Gasteiger partial charge in [-0.05, 0) is 74.4 Å². The van der Waals surface area contributed by atoms with Crippen molar-refractivity contribution in [3.05, 3.63) is 104 Å². The number of amides is 3. The van der Waals surface area contributed by atoms with Gasteiger partial charge in [0.1, 0.15) is 42.4 Å². The fourth-order valence-corrected chi connectivity index (χ4v) is 7.77. The van der Waals surface area contributed by atoms with E-state index in [-0.39, 0.29) is 17.5 Å². The molecule has 2 aliphatic rings. The second-order valence-electron chi connectivity index (χ2n) is 14.5. The first kappa shape index (κ1) is 48.1. The molecule has 1 unspecified atom stereocenters. The van der Waals surface area contributed by atoms with Gasteiger partial charge >= 0.3 is 12.2 Å². The van der Waals surface area contributed by atoms with Crippen LogP contribution in [0.5, 0.6) is 11.5 Å². The summed E-state index contributed by atoms with van der Waals surface area (Å²) in [6, 6.07) is 11.7. The van der Waals surface area contributed by atoms with Gasteiger partial charge in [0.15, 0.2) is 5.82 Å². The molecule has 6 rings (SSSR count). The number of carbonyl (C=O) groups excluding carboxylic acids is 2. The highest BCUT2D eigenvalue weighted by molar-refractivity contribution is 9.10. The van der Waals surface area contributed by atoms with Gasteiger partial charge in [-0.3, -0.25) is 35.1 Å². The highest BCUT2D eigenvalue weighted by atomic mass is 79.9. The maximum Gasteiger partial charge on any atom is 0.423 e. The molecule has 22 heteroatoms. The zero-order valence-electron chi connectivity index (χ0n) is 34.8. The number of rotatable bonds is 20. The van der Waals surface area contributed by atoms with Crippen LogP contribution in [0, 0.1) is 24.0 Å². The van der Waals surface area contributed by atoms with Crippen molar-refractivity contribution in [1.82, 2.24) is 14.9 Å². The number of benzene rings is 3. The quantitative estimate of drug-likeness (QED) is 0.0447. The van der Waals surface area contributed by atoms with Crippen molar-refractivity contribution in [1.29, 1.82) is 0 Å². The number of carbonyl (C=O) groups is 2. The third-order valence-corrected chi connectivity index (χ3v) is 11.6. The second kappa shape index (κ2) is 23.0. The number of nitro groups is 1. The van der Waals surface area contributed by atoms with Crippen molar-refractivity contribution in [2.75, 3.05) is 87.6 Å². The van der Waals surface area contributed by atoms with Crippen molar-refractivity contribution in [3.8, 4) is 11.5 Å². The summed E-state index contributed by atoms with van der Waals surface area (Å²) in [6.45, 7) is 9.05. The summed E-state index contributed by atoms with van der Waals surface area (Å²) >= 11 is 4.86. The Labute approximate surface area is 379 Å². The van der Waals surface area contributed by atoms with Gasteiger partial charge in [-0.2, -0.15) is 13.2 Å². The first-order valence-electron chi connectivity index (χ1n) is 20.1. The Hall–Kier alpha value is -5.39. The van der Waals surface area contributed by atoms with Crippen LogP contribution in [0.4, 0.5) is 40.8 Å². The molecule has 1 aromatic heterocycles. The van der Waals surface area contributed by atoms with Crippen LogP contribution in [0.2, 0.25) is 0 Å². The molecule has 0 saturated carbocycles. The lowest BCUT2D eigenvalue weighted by atomic mass is 10.1. The zero-order valence-corrected chi connectivity index (χ0v) is 37.2. The van der Waals surface area contributed by atoms with E-state index in [0.29, 0.717) is 93.0 Å². The molecular formula is C42H46BrF3N8O9S. The van der Waals surface area contributed by atoms with Crippen molar-refractivity contribution >= 4 is 67.6 Å². The molecule has 0 radical (unpaired) electrons. The van der Waals surface area contributed by atoms with Gasteiger partial charge < -0.3 is 34.3 Å². The van der Waals surface area contributed by atoms with E-state index in [1.54, 1.807) is 36.5 Å². The molecule has 0 bridgehead atoms. The molecule has 17 nitrogen and oxygen atoms in total. The molecule has 1 saturated heterocycles. The van der Waals surface area contributed by atoms with Crippen LogP contribution in [-0.4, -0.2) is 121 Å². The lowest BCUT2D eigenvalue weighted by Gasteiger charge is -2.33. The molecule has 2 atom stereocenters. The molecule has 3 N–H and O–H groups in total. The average Bonchev–Trinajstić information content (AvgIpc) is 3.77. The Morgan fingerprint density at radius 1 is 0.969 bits per heavy atom. The maximum atomic E-state index is 13.3. The fraction of sp³-hybridized carbons (Fsp3) is 0.405. The van der Waals surface area contributed by atoms with Gasteiger partial charge in [0.05, 0.1) is 60.2 Å². The Balaban J connectivity index is 0.823. The molecule has 0 spiro atoms. The fourth-order valence-electron chi connectivity index (χ4n) is 6.38. The number of urea groups is 1. The van der Waals surface area contributed by atoms with Gasteiger partial charge in [0, 0.05) is 53.8 Å². The number of alkyl halides is 3. The van der Waals surface area contributed by atoms with Crippen LogP contribution < -0.4 is 25.4 Å². The van der Waals surface area contributed by atoms with Crippen molar-refractivity contribution in [2.45, 2.75) is 38.6 Å². The topological polar surface area (TPSA) is 201 Å². The zero-order chi connectivity index (χ0) is 45.6. The van der Waals surface area contributed by atoms with E-state index in [9.17, 15) is 32.9 Å². The van der Waals surface area contributed by atoms with Gasteiger partial charge in [0.25, 0.3) is 5.69 Å². The number of nitrogens with one attached hydrogen (secondary N) is 3. The largest absolute Gasteiger partial charge is 0.491 e. The summed E-state index contributed by atoms with van der Waals surface area (Å²) in [5, 5.41) is 19.5. The summed E-state index contributed by atoms with van der Waals surface area (Å²) in [5.74, 6) is 1.10. The molecule has 1 fully saturated rings. The predicted octanol–water partition coefficient (Wildman–Crippen LogP) is 7.51. The number of aliphatic imine (C=N–C) groups is 1. The van der Waals surface area contributed by atoms with E-state index < -0.39 is 40.3 Å². The number of nitro benzene ring substituents is 1. The summed E-state index contributed by atoms with van der Waals surface area (Å²) in [4.78, 5) is 50.4. The number of hydrogen-bond acceptors (Lipinski definition) is 14. The average molecular weight is 976 g/mol. The van der Waals surface area contributed by atoms with Crippen LogP contribution in [-0.2, 0) is 25.2 Å². The Kier molecular flexibility index (Phi) is 17.3. The number of morpholine rings is 1. The highest BCUT2D eigenvalue weighted by Gasteiger charge is 2.39. The summed E-state index contributed by atoms with van der Waals surface area (Å²) in [6.07, 6.45) is -1.24. The van der Waals surface area contributed by atoms with Crippen LogP contribution in [0.3, 0.4) is 0 Å². The molecule has 4 aromatic rings. The maximum absolute atomic E-state index is 13.3. The van der Waals surface area contributed by atoms with Crippen molar-refractivity contribution < 1.29 is 51.4 Å². The summed E-state index contributed by atoms with van der Waals surface area (Å²) in [5.41, 5.74) is 0.160. The Morgan fingerprint density at radius 3 is 2.47 bits per heavy atom. The molecule has 64 heavy (non-hydrogen) atoms. The molecule has 0 aliphatic carbocycles. The number of anilines is 3. The molecule has 3 aromatic carbocycles. The minimum absolute atomic E-state index is 0.157. The van der Waals surface area contributed by atoms with Crippen LogP contribution in [0.15, 0.2) is 76.5 Å². The van der Waals surface area contributed by atoms with Crippen LogP contribution in [0.25, 0.3) is 0 Å². The number of hydrogen-bond donors (Lipinski definition) is 3. The molecule has 342 valence electrons. The number of halogens is 4. The van der Waals surface area contributed by atoms with E-state index in [4.69, 9.17) is 23.7 Å². The lowest BCUT2D eigenvalue weighted by molar-refractivity contribution is -0.388. The Bertz CT molecular complexity index is 2280. The molecule has 2 aliphatic heterocycles. The number of ether oxygens (including phenoxy) is 5. The number of aromatic nitrogens is 2. The normalized spacial score (nSPS) is 16.5. The van der Waals surface area contributed by atoms with Gasteiger partial charge in [-0.25, -0.2) is 9.78 Å². The van der Waals surface area contributed by atoms with Crippen LogP contribution >= 0.6 is 27.7 Å². The number of nitrogens with zero attached hydrogens (tertiary/aromatic N) is 5. The minimum atomic E-state index is -4.97. The highest BCUT2D eigenvalue weighted by Crippen LogP contribution is 2.38.